The summed E-state index contributed by atoms with van der Waals surface area (Å²) in [6.07, 6.45) is -0.878. The molecule has 0 fully saturated rings. The Labute approximate surface area is 139 Å². The van der Waals surface area contributed by atoms with Crippen LogP contribution in [0.2, 0.25) is 0 Å². The van der Waals surface area contributed by atoms with Gasteiger partial charge in [-0.2, -0.15) is 0 Å². The molecule has 0 radical (unpaired) electrons. The van der Waals surface area contributed by atoms with Crippen LogP contribution in [0.5, 0.6) is 5.75 Å². The number of primary amides is 1. The quantitative estimate of drug-likeness (QED) is 0.776. The minimum absolute atomic E-state index is 0.0573. The van der Waals surface area contributed by atoms with Gasteiger partial charge in [-0.25, -0.2) is 0 Å². The second-order valence-corrected chi connectivity index (χ2v) is 5.45. The topological polar surface area (TPSA) is 105 Å². The highest BCUT2D eigenvalue weighted by Crippen LogP contribution is 2.18. The second-order valence-electron chi connectivity index (χ2n) is 5.45. The number of hydrogen-bond donors (Lipinski definition) is 1. The summed E-state index contributed by atoms with van der Waals surface area (Å²) in [6.45, 7) is 5.49. The predicted molar refractivity (Wildman–Crippen MR) is 85.2 cm³/mol. The Hall–Kier alpha value is -2.83. The van der Waals surface area contributed by atoms with E-state index in [4.69, 9.17) is 19.7 Å². The molecular formula is C17H20N2O5. The number of carbonyl (C=O) groups is 2. The molecule has 0 unspecified atom stereocenters. The lowest BCUT2D eigenvalue weighted by molar-refractivity contribution is -0.153. The molecule has 7 heteroatoms. The fourth-order valence-electron chi connectivity index (χ4n) is 2.03. The maximum atomic E-state index is 11.7. The number of aryl methyl sites for hydroxylation is 2. The number of nitrogens with zero attached hydrogens (tertiary/aromatic N) is 1. The first-order chi connectivity index (χ1) is 11.4. The molecule has 7 nitrogen and oxygen atoms in total. The van der Waals surface area contributed by atoms with Gasteiger partial charge < -0.3 is 19.7 Å². The van der Waals surface area contributed by atoms with E-state index in [1.807, 2.05) is 13.8 Å². The van der Waals surface area contributed by atoms with Crippen LogP contribution in [0.4, 0.5) is 0 Å². The number of hydrogen-bond acceptors (Lipinski definition) is 6. The van der Waals surface area contributed by atoms with Crippen molar-refractivity contribution in [3.63, 3.8) is 0 Å². The highest BCUT2D eigenvalue weighted by atomic mass is 16.5. The molecule has 0 aliphatic carbocycles. The van der Waals surface area contributed by atoms with Crippen LogP contribution in [0.25, 0.3) is 0 Å². The van der Waals surface area contributed by atoms with Gasteiger partial charge in [-0.05, 0) is 38.5 Å². The Morgan fingerprint density at radius 2 is 1.92 bits per heavy atom. The van der Waals surface area contributed by atoms with E-state index in [1.165, 1.54) is 6.92 Å². The van der Waals surface area contributed by atoms with Gasteiger partial charge in [-0.1, -0.05) is 17.3 Å². The van der Waals surface area contributed by atoms with E-state index in [2.05, 4.69) is 5.16 Å². The average molecular weight is 332 g/mol. The van der Waals surface area contributed by atoms with Gasteiger partial charge in [0.25, 0.3) is 5.91 Å². The molecule has 0 aliphatic rings. The average Bonchev–Trinajstić information content (AvgIpc) is 2.85. The maximum Gasteiger partial charge on any atom is 0.311 e. The van der Waals surface area contributed by atoms with Crippen molar-refractivity contribution in [2.75, 3.05) is 0 Å². The second kappa shape index (κ2) is 7.63. The first-order valence-electron chi connectivity index (χ1n) is 7.49. The SMILES string of the molecule is Cc1noc(C)c1COc1ccc(CC(=O)O[C@H](C)C(N)=O)cc1. The molecule has 2 rings (SSSR count). The van der Waals surface area contributed by atoms with Crippen molar-refractivity contribution in [1.82, 2.24) is 5.16 Å². The lowest BCUT2D eigenvalue weighted by Gasteiger charge is -2.10. The zero-order chi connectivity index (χ0) is 17.7. The summed E-state index contributed by atoms with van der Waals surface area (Å²) >= 11 is 0. The van der Waals surface area contributed by atoms with Gasteiger partial charge in [0.15, 0.2) is 6.10 Å². The van der Waals surface area contributed by atoms with Gasteiger partial charge >= 0.3 is 5.97 Å². The van der Waals surface area contributed by atoms with Gasteiger partial charge in [0.05, 0.1) is 17.7 Å². The van der Waals surface area contributed by atoms with Crippen molar-refractivity contribution in [1.29, 1.82) is 0 Å². The van der Waals surface area contributed by atoms with Gasteiger partial charge in [-0.15, -0.1) is 0 Å². The van der Waals surface area contributed by atoms with Crippen molar-refractivity contribution < 1.29 is 23.6 Å². The Bertz CT molecular complexity index is 702. The molecule has 0 saturated heterocycles. The molecule has 24 heavy (non-hydrogen) atoms. The lowest BCUT2D eigenvalue weighted by atomic mass is 10.1. The summed E-state index contributed by atoms with van der Waals surface area (Å²) in [7, 11) is 0. The molecule has 1 amide bonds. The fraction of sp³-hybridized carbons (Fsp3) is 0.353. The highest BCUT2D eigenvalue weighted by Gasteiger charge is 2.15. The van der Waals surface area contributed by atoms with Crippen LogP contribution in [0.3, 0.4) is 0 Å². The summed E-state index contributed by atoms with van der Waals surface area (Å²) in [4.78, 5) is 22.6. The van der Waals surface area contributed by atoms with Crippen LogP contribution in [0.15, 0.2) is 28.8 Å². The fourth-order valence-corrected chi connectivity index (χ4v) is 2.03. The monoisotopic (exact) mass is 332 g/mol. The standard InChI is InChI=1S/C17H20N2O5/c1-10-15(11(2)24-19-10)9-22-14-6-4-13(5-7-14)8-16(20)23-12(3)17(18)21/h4-7,12H,8-9H2,1-3H3,(H2,18,21)/t12-/m1/s1. The molecule has 0 spiro atoms. The largest absolute Gasteiger partial charge is 0.489 e. The Balaban J connectivity index is 1.89. The highest BCUT2D eigenvalue weighted by molar-refractivity contribution is 5.82. The summed E-state index contributed by atoms with van der Waals surface area (Å²) < 4.78 is 15.7. The number of esters is 1. The van der Waals surface area contributed by atoms with Gasteiger partial charge in [0, 0.05) is 0 Å². The number of benzene rings is 1. The lowest BCUT2D eigenvalue weighted by Crippen LogP contribution is -2.30. The summed E-state index contributed by atoms with van der Waals surface area (Å²) in [5, 5.41) is 3.87. The number of rotatable bonds is 7. The van der Waals surface area contributed by atoms with E-state index in [1.54, 1.807) is 24.3 Å². The van der Waals surface area contributed by atoms with E-state index in [0.29, 0.717) is 12.4 Å². The van der Waals surface area contributed by atoms with Crippen LogP contribution in [0, 0.1) is 13.8 Å². The summed E-state index contributed by atoms with van der Waals surface area (Å²) in [5.74, 6) is 0.213. The number of ether oxygens (including phenoxy) is 2. The smallest absolute Gasteiger partial charge is 0.311 e. The predicted octanol–water partition coefficient (Wildman–Crippen LogP) is 1.83. The summed E-state index contributed by atoms with van der Waals surface area (Å²) in [6, 6.07) is 7.05. The van der Waals surface area contributed by atoms with Crippen LogP contribution >= 0.6 is 0 Å². The molecule has 0 saturated carbocycles. The van der Waals surface area contributed by atoms with Crippen LogP contribution in [-0.4, -0.2) is 23.1 Å². The van der Waals surface area contributed by atoms with Crippen molar-refractivity contribution in [2.24, 2.45) is 5.73 Å². The van der Waals surface area contributed by atoms with Gasteiger partial charge in [-0.3, -0.25) is 9.59 Å². The molecule has 0 aliphatic heterocycles. The van der Waals surface area contributed by atoms with E-state index in [0.717, 1.165) is 22.6 Å². The van der Waals surface area contributed by atoms with E-state index in [-0.39, 0.29) is 6.42 Å². The Morgan fingerprint density at radius 3 is 2.46 bits per heavy atom. The summed E-state index contributed by atoms with van der Waals surface area (Å²) in [5.41, 5.74) is 7.52. The van der Waals surface area contributed by atoms with Crippen LogP contribution < -0.4 is 10.5 Å². The minimum Gasteiger partial charge on any atom is -0.489 e. The first kappa shape index (κ1) is 17.5. The normalized spacial score (nSPS) is 11.8. The third-order valence-corrected chi connectivity index (χ3v) is 3.55. The number of nitrogens with two attached hydrogens (primary N) is 1. The third-order valence-electron chi connectivity index (χ3n) is 3.55. The molecule has 128 valence electrons. The number of aromatic nitrogens is 1. The molecular weight excluding hydrogens is 312 g/mol. The minimum atomic E-state index is -0.935. The zero-order valence-electron chi connectivity index (χ0n) is 13.9. The molecule has 2 aromatic rings. The van der Waals surface area contributed by atoms with Gasteiger partial charge in [0.1, 0.15) is 18.1 Å². The van der Waals surface area contributed by atoms with E-state index < -0.39 is 18.0 Å². The number of carbonyl (C=O) groups excluding carboxylic acids is 2. The van der Waals surface area contributed by atoms with Gasteiger partial charge in [0.2, 0.25) is 0 Å². The van der Waals surface area contributed by atoms with Crippen molar-refractivity contribution in [2.45, 2.75) is 39.9 Å². The third kappa shape index (κ3) is 4.58. The zero-order valence-corrected chi connectivity index (χ0v) is 13.9. The molecule has 1 aromatic heterocycles. The van der Waals surface area contributed by atoms with E-state index >= 15 is 0 Å². The van der Waals surface area contributed by atoms with E-state index in [9.17, 15) is 9.59 Å². The Kier molecular flexibility index (Phi) is 5.57. The Morgan fingerprint density at radius 1 is 1.25 bits per heavy atom. The molecule has 1 heterocycles. The number of amides is 1. The van der Waals surface area contributed by atoms with Crippen molar-refractivity contribution in [3.05, 3.63) is 46.8 Å². The molecule has 0 bridgehead atoms. The van der Waals surface area contributed by atoms with Crippen LogP contribution in [-0.2, 0) is 27.4 Å². The molecule has 1 aromatic carbocycles. The molecule has 2 N–H and O–H groups in total. The van der Waals surface area contributed by atoms with Crippen molar-refractivity contribution in [3.8, 4) is 5.75 Å². The maximum absolute atomic E-state index is 11.7. The first-order valence-corrected chi connectivity index (χ1v) is 7.49. The van der Waals surface area contributed by atoms with Crippen molar-refractivity contribution >= 4 is 11.9 Å². The molecule has 1 atom stereocenters. The van der Waals surface area contributed by atoms with Crippen LogP contribution in [0.1, 0.15) is 29.5 Å².